The molecule has 0 saturated heterocycles. The third-order valence-electron chi connectivity index (χ3n) is 3.85. The van der Waals surface area contributed by atoms with Gasteiger partial charge in [-0.05, 0) is 54.4 Å². The molecule has 1 atom stereocenters. The van der Waals surface area contributed by atoms with Gasteiger partial charge in [0.05, 0.1) is 6.04 Å². The fourth-order valence-corrected chi connectivity index (χ4v) is 3.74. The summed E-state index contributed by atoms with van der Waals surface area (Å²) in [6.07, 6.45) is 0. The first-order chi connectivity index (χ1) is 9.70. The highest BCUT2D eigenvalue weighted by molar-refractivity contribution is 7.17. The smallest absolute Gasteiger partial charge is 0.0591 e. The van der Waals surface area contributed by atoms with Gasteiger partial charge < -0.3 is 5.32 Å². The number of hydrogen-bond donors (Lipinski definition) is 1. The van der Waals surface area contributed by atoms with Gasteiger partial charge in [0.2, 0.25) is 0 Å². The second kappa shape index (κ2) is 5.39. The molecule has 0 aliphatic rings. The average molecular weight is 281 g/mol. The van der Waals surface area contributed by atoms with Crippen molar-refractivity contribution in [2.45, 2.75) is 19.9 Å². The van der Waals surface area contributed by atoms with E-state index in [2.05, 4.69) is 67.0 Å². The quantitative estimate of drug-likeness (QED) is 0.725. The summed E-state index contributed by atoms with van der Waals surface area (Å²) in [5.41, 5.74) is 5.38. The zero-order valence-electron chi connectivity index (χ0n) is 12.1. The first kappa shape index (κ1) is 13.3. The summed E-state index contributed by atoms with van der Waals surface area (Å²) in [4.78, 5) is 0. The topological polar surface area (TPSA) is 12.0 Å². The van der Waals surface area contributed by atoms with Crippen molar-refractivity contribution in [1.82, 2.24) is 5.32 Å². The number of nitrogens with one attached hydrogen (secondary N) is 1. The predicted molar refractivity (Wildman–Crippen MR) is 88.6 cm³/mol. The predicted octanol–water partition coefficient (Wildman–Crippen LogP) is 4.83. The SMILES string of the molecule is CNC(c1cc(C)ccc1C)c1cccc2ccsc12. The number of rotatable bonds is 3. The van der Waals surface area contributed by atoms with Gasteiger partial charge in [0.15, 0.2) is 0 Å². The van der Waals surface area contributed by atoms with Crippen molar-refractivity contribution >= 4 is 21.4 Å². The molecule has 2 heteroatoms. The molecule has 1 aromatic heterocycles. The molecule has 0 bridgehead atoms. The lowest BCUT2D eigenvalue weighted by Crippen LogP contribution is -2.18. The first-order valence-electron chi connectivity index (χ1n) is 6.91. The Morgan fingerprint density at radius 1 is 1.00 bits per heavy atom. The van der Waals surface area contributed by atoms with Crippen LogP contribution in [0.2, 0.25) is 0 Å². The Bertz CT molecular complexity index is 742. The standard InChI is InChI=1S/C18H19NS/c1-12-7-8-13(2)16(11-12)17(19-3)15-6-4-5-14-9-10-20-18(14)15/h4-11,17,19H,1-3H3. The molecule has 20 heavy (non-hydrogen) atoms. The molecular formula is C18H19NS. The van der Waals surface area contributed by atoms with Crippen LogP contribution in [-0.2, 0) is 0 Å². The molecule has 0 amide bonds. The minimum Gasteiger partial charge on any atom is -0.309 e. The van der Waals surface area contributed by atoms with E-state index in [1.165, 1.54) is 32.3 Å². The third kappa shape index (κ3) is 2.26. The van der Waals surface area contributed by atoms with Crippen LogP contribution in [0.4, 0.5) is 0 Å². The summed E-state index contributed by atoms with van der Waals surface area (Å²) in [6.45, 7) is 4.34. The lowest BCUT2D eigenvalue weighted by atomic mass is 9.93. The van der Waals surface area contributed by atoms with Gasteiger partial charge in [-0.3, -0.25) is 0 Å². The van der Waals surface area contributed by atoms with Gasteiger partial charge in [-0.2, -0.15) is 0 Å². The van der Waals surface area contributed by atoms with Crippen LogP contribution in [0.1, 0.15) is 28.3 Å². The lowest BCUT2D eigenvalue weighted by molar-refractivity contribution is 0.692. The highest BCUT2D eigenvalue weighted by Gasteiger charge is 2.17. The van der Waals surface area contributed by atoms with Crippen LogP contribution in [0.5, 0.6) is 0 Å². The van der Waals surface area contributed by atoms with Gasteiger partial charge in [-0.15, -0.1) is 11.3 Å². The maximum Gasteiger partial charge on any atom is 0.0591 e. The van der Waals surface area contributed by atoms with Crippen LogP contribution >= 0.6 is 11.3 Å². The van der Waals surface area contributed by atoms with Crippen molar-refractivity contribution in [3.63, 3.8) is 0 Å². The van der Waals surface area contributed by atoms with Crippen molar-refractivity contribution in [3.05, 3.63) is 70.1 Å². The van der Waals surface area contributed by atoms with Crippen LogP contribution in [0, 0.1) is 13.8 Å². The zero-order chi connectivity index (χ0) is 14.1. The Morgan fingerprint density at radius 2 is 1.85 bits per heavy atom. The van der Waals surface area contributed by atoms with Crippen LogP contribution in [0.15, 0.2) is 47.8 Å². The molecule has 3 rings (SSSR count). The molecule has 1 N–H and O–H groups in total. The molecule has 1 nitrogen and oxygen atoms in total. The molecule has 102 valence electrons. The van der Waals surface area contributed by atoms with E-state index in [-0.39, 0.29) is 6.04 Å². The summed E-state index contributed by atoms with van der Waals surface area (Å²) in [7, 11) is 2.04. The number of aryl methyl sites for hydroxylation is 2. The summed E-state index contributed by atoms with van der Waals surface area (Å²) in [5, 5.41) is 6.99. The van der Waals surface area contributed by atoms with E-state index in [0.717, 1.165) is 0 Å². The van der Waals surface area contributed by atoms with E-state index in [0.29, 0.717) is 0 Å². The van der Waals surface area contributed by atoms with E-state index in [1.807, 2.05) is 18.4 Å². The second-order valence-corrected chi connectivity index (χ2v) is 6.18. The van der Waals surface area contributed by atoms with Crippen LogP contribution < -0.4 is 5.32 Å². The van der Waals surface area contributed by atoms with E-state index in [1.54, 1.807) is 0 Å². The number of benzene rings is 2. The lowest BCUT2D eigenvalue weighted by Gasteiger charge is -2.20. The Labute approximate surface area is 124 Å². The Kier molecular flexibility index (Phi) is 3.60. The van der Waals surface area contributed by atoms with Crippen LogP contribution in [0.25, 0.3) is 10.1 Å². The minimum atomic E-state index is 0.247. The molecule has 0 fully saturated rings. The van der Waals surface area contributed by atoms with Gasteiger partial charge in [0, 0.05) is 4.70 Å². The van der Waals surface area contributed by atoms with Gasteiger partial charge in [0.25, 0.3) is 0 Å². The van der Waals surface area contributed by atoms with Crippen LogP contribution in [0.3, 0.4) is 0 Å². The Hall–Kier alpha value is -1.64. The highest BCUT2D eigenvalue weighted by Crippen LogP contribution is 2.33. The summed E-state index contributed by atoms with van der Waals surface area (Å²) >= 11 is 1.82. The number of hydrogen-bond acceptors (Lipinski definition) is 2. The summed E-state index contributed by atoms with van der Waals surface area (Å²) in [5.74, 6) is 0. The molecule has 1 unspecified atom stereocenters. The number of fused-ring (bicyclic) bond motifs is 1. The van der Waals surface area contributed by atoms with Crippen molar-refractivity contribution in [3.8, 4) is 0 Å². The van der Waals surface area contributed by atoms with Crippen molar-refractivity contribution in [2.24, 2.45) is 0 Å². The largest absolute Gasteiger partial charge is 0.309 e. The summed E-state index contributed by atoms with van der Waals surface area (Å²) < 4.78 is 1.38. The van der Waals surface area contributed by atoms with Gasteiger partial charge in [0.1, 0.15) is 0 Å². The highest BCUT2D eigenvalue weighted by atomic mass is 32.1. The maximum atomic E-state index is 3.49. The molecule has 2 aromatic carbocycles. The van der Waals surface area contributed by atoms with Gasteiger partial charge in [-0.25, -0.2) is 0 Å². The van der Waals surface area contributed by atoms with Gasteiger partial charge >= 0.3 is 0 Å². The van der Waals surface area contributed by atoms with E-state index >= 15 is 0 Å². The molecule has 0 saturated carbocycles. The normalized spacial score (nSPS) is 12.8. The molecule has 0 aliphatic heterocycles. The molecule has 0 radical (unpaired) electrons. The Balaban J connectivity index is 2.19. The fourth-order valence-electron chi connectivity index (χ4n) is 2.79. The second-order valence-electron chi connectivity index (χ2n) is 5.27. The molecule has 0 aliphatic carbocycles. The number of thiophene rings is 1. The van der Waals surface area contributed by atoms with E-state index < -0.39 is 0 Å². The van der Waals surface area contributed by atoms with Crippen molar-refractivity contribution < 1.29 is 0 Å². The monoisotopic (exact) mass is 281 g/mol. The minimum absolute atomic E-state index is 0.247. The molecule has 3 aromatic rings. The van der Waals surface area contributed by atoms with E-state index in [4.69, 9.17) is 0 Å². The average Bonchev–Trinajstić information content (AvgIpc) is 2.92. The van der Waals surface area contributed by atoms with Crippen molar-refractivity contribution in [2.75, 3.05) is 7.05 Å². The van der Waals surface area contributed by atoms with Gasteiger partial charge in [-0.1, -0.05) is 42.0 Å². The fraction of sp³-hybridized carbons (Fsp3) is 0.222. The van der Waals surface area contributed by atoms with Crippen molar-refractivity contribution in [1.29, 1.82) is 0 Å². The molecule has 0 spiro atoms. The van der Waals surface area contributed by atoms with E-state index in [9.17, 15) is 0 Å². The molecule has 1 heterocycles. The Morgan fingerprint density at radius 3 is 2.65 bits per heavy atom. The zero-order valence-corrected chi connectivity index (χ0v) is 12.9. The van der Waals surface area contributed by atoms with Crippen LogP contribution in [-0.4, -0.2) is 7.05 Å². The summed E-state index contributed by atoms with van der Waals surface area (Å²) in [6, 6.07) is 15.7. The molecular weight excluding hydrogens is 262 g/mol. The third-order valence-corrected chi connectivity index (χ3v) is 4.83. The first-order valence-corrected chi connectivity index (χ1v) is 7.79. The maximum absolute atomic E-state index is 3.49.